The van der Waals surface area contributed by atoms with E-state index in [-0.39, 0.29) is 18.1 Å². The van der Waals surface area contributed by atoms with Crippen LogP contribution in [0.5, 0.6) is 0 Å². The number of nitrogens with zero attached hydrogens (tertiary/aromatic N) is 2. The van der Waals surface area contributed by atoms with Gasteiger partial charge in [-0.3, -0.25) is 14.7 Å². The lowest BCUT2D eigenvalue weighted by molar-refractivity contribution is -0.132. The van der Waals surface area contributed by atoms with Crippen LogP contribution < -0.4 is 5.32 Å². The highest BCUT2D eigenvalue weighted by Gasteiger charge is 2.41. The molecule has 2 aliphatic heterocycles. The maximum Gasteiger partial charge on any atom is 0.249 e. The minimum absolute atomic E-state index is 0.104. The van der Waals surface area contributed by atoms with Crippen LogP contribution in [-0.4, -0.2) is 47.6 Å². The zero-order valence-corrected chi connectivity index (χ0v) is 13.5. The number of rotatable bonds is 5. The molecule has 0 radical (unpaired) electrons. The van der Waals surface area contributed by atoms with E-state index in [0.717, 1.165) is 44.9 Å². The van der Waals surface area contributed by atoms with Crippen molar-refractivity contribution in [2.45, 2.75) is 44.4 Å². The molecule has 0 bridgehead atoms. The third kappa shape index (κ3) is 3.72. The Bertz CT molecular complexity index is 546. The van der Waals surface area contributed by atoms with Crippen molar-refractivity contribution in [1.29, 1.82) is 0 Å². The molecule has 0 aromatic carbocycles. The van der Waals surface area contributed by atoms with Gasteiger partial charge in [0.25, 0.3) is 0 Å². The summed E-state index contributed by atoms with van der Waals surface area (Å²) in [5, 5.41) is 3.06. The van der Waals surface area contributed by atoms with Gasteiger partial charge >= 0.3 is 0 Å². The molecule has 1 aliphatic carbocycles. The van der Waals surface area contributed by atoms with Gasteiger partial charge in [0.2, 0.25) is 5.91 Å². The molecule has 1 saturated carbocycles. The van der Waals surface area contributed by atoms with Crippen LogP contribution >= 0.6 is 0 Å². The van der Waals surface area contributed by atoms with Crippen molar-refractivity contribution in [2.75, 3.05) is 19.6 Å². The summed E-state index contributed by atoms with van der Waals surface area (Å²) in [5.74, 6) is 1.37. The van der Waals surface area contributed by atoms with Crippen LogP contribution in [0.3, 0.4) is 0 Å². The number of piperidine rings is 1. The largest absolute Gasteiger partial charge is 0.364 e. The SMILES string of the molecule is O=C(NCC1CC1)[C@H]1C[C@@H]2CCN(Cc3ccncc3)C[C@@H]2O1. The van der Waals surface area contributed by atoms with Crippen LogP contribution in [0.25, 0.3) is 0 Å². The van der Waals surface area contributed by atoms with Crippen molar-refractivity contribution in [2.24, 2.45) is 11.8 Å². The first kappa shape index (κ1) is 15.1. The molecule has 0 unspecified atom stereocenters. The fraction of sp³-hybridized carbons (Fsp3) is 0.667. The molecule has 23 heavy (non-hydrogen) atoms. The normalized spacial score (nSPS) is 30.9. The summed E-state index contributed by atoms with van der Waals surface area (Å²) in [5.41, 5.74) is 1.29. The van der Waals surface area contributed by atoms with Crippen molar-refractivity contribution in [3.63, 3.8) is 0 Å². The Morgan fingerprint density at radius 3 is 2.91 bits per heavy atom. The number of nitrogens with one attached hydrogen (secondary N) is 1. The van der Waals surface area contributed by atoms with Crippen LogP contribution in [0.2, 0.25) is 0 Å². The zero-order valence-electron chi connectivity index (χ0n) is 13.5. The van der Waals surface area contributed by atoms with Crippen molar-refractivity contribution in [3.8, 4) is 0 Å². The van der Waals surface area contributed by atoms with Crippen LogP contribution in [0.15, 0.2) is 24.5 Å². The zero-order chi connectivity index (χ0) is 15.6. The van der Waals surface area contributed by atoms with Gasteiger partial charge in [0.1, 0.15) is 6.10 Å². The van der Waals surface area contributed by atoms with Gasteiger partial charge in [0.05, 0.1) is 6.10 Å². The molecule has 3 fully saturated rings. The first-order chi connectivity index (χ1) is 11.3. The molecule has 4 rings (SSSR count). The van der Waals surface area contributed by atoms with E-state index < -0.39 is 0 Å². The smallest absolute Gasteiger partial charge is 0.249 e. The Morgan fingerprint density at radius 1 is 1.30 bits per heavy atom. The third-order valence-electron chi connectivity index (χ3n) is 5.35. The summed E-state index contributed by atoms with van der Waals surface area (Å²) in [6, 6.07) is 4.13. The maximum atomic E-state index is 12.2. The predicted octanol–water partition coefficient (Wildman–Crippen LogP) is 1.59. The van der Waals surface area contributed by atoms with Crippen LogP contribution in [0.1, 0.15) is 31.2 Å². The van der Waals surface area contributed by atoms with E-state index in [0.29, 0.717) is 5.92 Å². The van der Waals surface area contributed by atoms with Gasteiger partial charge in [-0.15, -0.1) is 0 Å². The molecular formula is C18H25N3O2. The van der Waals surface area contributed by atoms with E-state index in [1.54, 1.807) is 0 Å². The summed E-state index contributed by atoms with van der Waals surface area (Å²) in [6.45, 7) is 3.79. The van der Waals surface area contributed by atoms with Crippen LogP contribution in [-0.2, 0) is 16.1 Å². The van der Waals surface area contributed by atoms with E-state index in [1.807, 2.05) is 12.4 Å². The molecule has 1 aromatic heterocycles. The number of aromatic nitrogens is 1. The molecule has 124 valence electrons. The Kier molecular flexibility index (Phi) is 4.31. The third-order valence-corrected chi connectivity index (χ3v) is 5.35. The topological polar surface area (TPSA) is 54.5 Å². The number of fused-ring (bicyclic) bond motifs is 1. The number of carbonyl (C=O) groups excluding carboxylic acids is 1. The highest BCUT2D eigenvalue weighted by atomic mass is 16.5. The van der Waals surface area contributed by atoms with Crippen molar-refractivity contribution < 1.29 is 9.53 Å². The second-order valence-corrected chi connectivity index (χ2v) is 7.23. The number of carbonyl (C=O) groups is 1. The average molecular weight is 315 g/mol. The molecule has 3 heterocycles. The second kappa shape index (κ2) is 6.57. The molecule has 1 N–H and O–H groups in total. The minimum atomic E-state index is -0.232. The van der Waals surface area contributed by atoms with Crippen LogP contribution in [0.4, 0.5) is 0 Å². The van der Waals surface area contributed by atoms with Gasteiger partial charge in [-0.1, -0.05) is 0 Å². The number of ether oxygens (including phenoxy) is 1. The van der Waals surface area contributed by atoms with Gasteiger partial charge in [-0.2, -0.15) is 0 Å². The van der Waals surface area contributed by atoms with Crippen LogP contribution in [0, 0.1) is 11.8 Å². The summed E-state index contributed by atoms with van der Waals surface area (Å²) >= 11 is 0. The number of pyridine rings is 1. The van der Waals surface area contributed by atoms with E-state index in [4.69, 9.17) is 4.74 Å². The lowest BCUT2D eigenvalue weighted by atomic mass is 9.91. The Hall–Kier alpha value is -1.46. The second-order valence-electron chi connectivity index (χ2n) is 7.23. The molecule has 1 amide bonds. The van der Waals surface area contributed by atoms with E-state index in [1.165, 1.54) is 18.4 Å². The first-order valence-electron chi connectivity index (χ1n) is 8.82. The number of hydrogen-bond donors (Lipinski definition) is 1. The summed E-state index contributed by atoms with van der Waals surface area (Å²) < 4.78 is 6.08. The number of hydrogen-bond acceptors (Lipinski definition) is 4. The van der Waals surface area contributed by atoms with Gasteiger partial charge in [-0.05, 0) is 61.8 Å². The Balaban J connectivity index is 1.28. The molecule has 3 atom stereocenters. The van der Waals surface area contributed by atoms with Gasteiger partial charge in [0.15, 0.2) is 0 Å². The molecule has 2 saturated heterocycles. The van der Waals surface area contributed by atoms with E-state index in [2.05, 4.69) is 27.3 Å². The molecule has 3 aliphatic rings. The molecule has 5 heteroatoms. The maximum absolute atomic E-state index is 12.2. The fourth-order valence-corrected chi connectivity index (χ4v) is 3.73. The van der Waals surface area contributed by atoms with E-state index >= 15 is 0 Å². The molecule has 0 spiro atoms. The summed E-state index contributed by atoms with van der Waals surface area (Å²) in [6.07, 6.45) is 8.21. The Morgan fingerprint density at radius 2 is 2.13 bits per heavy atom. The predicted molar refractivity (Wildman–Crippen MR) is 86.6 cm³/mol. The molecule has 5 nitrogen and oxygen atoms in total. The monoisotopic (exact) mass is 315 g/mol. The van der Waals surface area contributed by atoms with Gasteiger partial charge < -0.3 is 10.1 Å². The van der Waals surface area contributed by atoms with Gasteiger partial charge in [-0.25, -0.2) is 0 Å². The lowest BCUT2D eigenvalue weighted by Crippen LogP contribution is -2.42. The lowest BCUT2D eigenvalue weighted by Gasteiger charge is -2.34. The highest BCUT2D eigenvalue weighted by Crippen LogP contribution is 2.34. The fourth-order valence-electron chi connectivity index (χ4n) is 3.73. The minimum Gasteiger partial charge on any atom is -0.364 e. The Labute approximate surface area is 137 Å². The highest BCUT2D eigenvalue weighted by molar-refractivity contribution is 5.81. The van der Waals surface area contributed by atoms with E-state index in [9.17, 15) is 4.79 Å². The average Bonchev–Trinajstić information content (AvgIpc) is 3.31. The number of likely N-dealkylation sites (tertiary alicyclic amines) is 1. The summed E-state index contributed by atoms with van der Waals surface area (Å²) in [7, 11) is 0. The number of amides is 1. The van der Waals surface area contributed by atoms with Gasteiger partial charge in [0, 0.05) is 32.0 Å². The summed E-state index contributed by atoms with van der Waals surface area (Å²) in [4.78, 5) is 18.7. The van der Waals surface area contributed by atoms with Crippen molar-refractivity contribution >= 4 is 5.91 Å². The standard InChI is InChI=1S/C18H25N3O2/c22-18(20-10-13-1-2-13)16-9-15-5-8-21(12-17(15)23-16)11-14-3-6-19-7-4-14/h3-4,6-7,13,15-17H,1-2,5,8-12H2,(H,20,22)/t15-,16+,17-/m0/s1. The molecular weight excluding hydrogens is 290 g/mol. The van der Waals surface area contributed by atoms with Crippen molar-refractivity contribution in [1.82, 2.24) is 15.2 Å². The quantitative estimate of drug-likeness (QED) is 0.896. The first-order valence-corrected chi connectivity index (χ1v) is 8.82. The van der Waals surface area contributed by atoms with Crippen molar-refractivity contribution in [3.05, 3.63) is 30.1 Å². The molecule has 1 aromatic rings.